The lowest BCUT2D eigenvalue weighted by Gasteiger charge is -2.07. The molecule has 0 spiro atoms. The van der Waals surface area contributed by atoms with Crippen LogP contribution in [0, 0.1) is 10.1 Å². The zero-order valence-corrected chi connectivity index (χ0v) is 17.8. The number of Topliss-reactive ketones (excluding diaryl/α,β-unsaturated/α-hetero) is 1. The van der Waals surface area contributed by atoms with Crippen LogP contribution in [0.5, 0.6) is 5.75 Å². The third-order valence-electron chi connectivity index (χ3n) is 4.90. The minimum atomic E-state index is -0.464. The Bertz CT molecular complexity index is 916. The summed E-state index contributed by atoms with van der Waals surface area (Å²) in [6.07, 6.45) is 6.04. The van der Waals surface area contributed by atoms with E-state index in [0.29, 0.717) is 29.5 Å². The first-order valence-corrected chi connectivity index (χ1v) is 10.1. The zero-order chi connectivity index (χ0) is 22.6. The molecule has 2 aromatic rings. The minimum Gasteiger partial charge on any atom is -0.497 e. The van der Waals surface area contributed by atoms with Crippen molar-refractivity contribution < 1.29 is 24.0 Å². The van der Waals surface area contributed by atoms with E-state index in [-0.39, 0.29) is 11.5 Å². The Balaban J connectivity index is 1.79. The average molecular weight is 425 g/mol. The molecule has 0 saturated carbocycles. The van der Waals surface area contributed by atoms with E-state index >= 15 is 0 Å². The number of benzene rings is 2. The number of rotatable bonds is 12. The van der Waals surface area contributed by atoms with Crippen LogP contribution in [0.2, 0.25) is 0 Å². The smallest absolute Gasteiger partial charge is 0.333 e. The summed E-state index contributed by atoms with van der Waals surface area (Å²) in [7, 11) is 2.92. The number of nitro benzene ring substituents is 1. The number of non-ortho nitro benzene ring substituents is 1. The van der Waals surface area contributed by atoms with Crippen molar-refractivity contribution in [3.63, 3.8) is 0 Å². The van der Waals surface area contributed by atoms with E-state index in [1.165, 1.54) is 19.2 Å². The van der Waals surface area contributed by atoms with Gasteiger partial charge in [0.05, 0.1) is 19.1 Å². The summed E-state index contributed by atoms with van der Waals surface area (Å²) >= 11 is 0. The third kappa shape index (κ3) is 7.70. The molecule has 0 bridgehead atoms. The van der Waals surface area contributed by atoms with Crippen molar-refractivity contribution in [3.8, 4) is 5.75 Å². The molecule has 0 aliphatic carbocycles. The zero-order valence-electron chi connectivity index (χ0n) is 17.8. The predicted octanol–water partition coefficient (Wildman–Crippen LogP) is 5.38. The van der Waals surface area contributed by atoms with Crippen molar-refractivity contribution in [2.24, 2.45) is 0 Å². The number of ketones is 1. The summed E-state index contributed by atoms with van der Waals surface area (Å²) in [4.78, 5) is 34.6. The normalized spacial score (nSPS) is 11.1. The monoisotopic (exact) mass is 425 g/mol. The highest BCUT2D eigenvalue weighted by Crippen LogP contribution is 2.19. The van der Waals surface area contributed by atoms with Gasteiger partial charge in [0.2, 0.25) is 0 Å². The highest BCUT2D eigenvalue weighted by atomic mass is 16.6. The molecule has 7 heteroatoms. The second-order valence-electron chi connectivity index (χ2n) is 7.08. The van der Waals surface area contributed by atoms with Crippen LogP contribution in [0.3, 0.4) is 0 Å². The first-order chi connectivity index (χ1) is 14.9. The Kier molecular flexibility index (Phi) is 9.42. The summed E-state index contributed by atoms with van der Waals surface area (Å²) < 4.78 is 9.95. The van der Waals surface area contributed by atoms with Gasteiger partial charge in [-0.3, -0.25) is 14.9 Å². The van der Waals surface area contributed by atoms with Gasteiger partial charge in [-0.1, -0.05) is 12.8 Å². The second-order valence-corrected chi connectivity index (χ2v) is 7.08. The minimum absolute atomic E-state index is 0.000884. The van der Waals surface area contributed by atoms with Crippen LogP contribution < -0.4 is 4.74 Å². The van der Waals surface area contributed by atoms with Crippen molar-refractivity contribution >= 4 is 23.5 Å². The molecule has 31 heavy (non-hydrogen) atoms. The Hall–Kier alpha value is -3.48. The first kappa shape index (κ1) is 23.8. The van der Waals surface area contributed by atoms with E-state index in [0.717, 1.165) is 31.4 Å². The second kappa shape index (κ2) is 12.3. The molecule has 0 amide bonds. The quantitative estimate of drug-likeness (QED) is 0.113. The number of hydrogen-bond donors (Lipinski definition) is 0. The number of carbonyl (C=O) groups is 2. The summed E-state index contributed by atoms with van der Waals surface area (Å²) in [5.74, 6) is 0.420. The van der Waals surface area contributed by atoms with E-state index in [1.54, 1.807) is 49.6 Å². The number of nitro groups is 1. The fourth-order valence-electron chi connectivity index (χ4n) is 3.13. The van der Waals surface area contributed by atoms with Crippen LogP contribution in [-0.4, -0.2) is 30.9 Å². The van der Waals surface area contributed by atoms with E-state index in [9.17, 15) is 19.7 Å². The van der Waals surface area contributed by atoms with Crippen molar-refractivity contribution in [2.75, 3.05) is 14.2 Å². The fraction of sp³-hybridized carbons (Fsp3) is 0.333. The van der Waals surface area contributed by atoms with E-state index in [1.807, 2.05) is 0 Å². The number of unbranched alkanes of at least 4 members (excludes halogenated alkanes) is 3. The van der Waals surface area contributed by atoms with Gasteiger partial charge in [-0.25, -0.2) is 4.79 Å². The van der Waals surface area contributed by atoms with Crippen molar-refractivity contribution in [3.05, 3.63) is 75.3 Å². The first-order valence-electron chi connectivity index (χ1n) is 10.1. The number of hydrogen-bond acceptors (Lipinski definition) is 6. The topological polar surface area (TPSA) is 95.7 Å². The van der Waals surface area contributed by atoms with Crippen molar-refractivity contribution in [2.45, 2.75) is 38.5 Å². The third-order valence-corrected chi connectivity index (χ3v) is 4.90. The molecule has 2 rings (SSSR count). The number of methoxy groups -OCH3 is 2. The lowest BCUT2D eigenvalue weighted by atomic mass is 10.0. The fourth-order valence-corrected chi connectivity index (χ4v) is 3.13. The highest BCUT2D eigenvalue weighted by Gasteiger charge is 2.11. The van der Waals surface area contributed by atoms with Crippen LogP contribution in [0.1, 0.15) is 54.4 Å². The number of carbonyl (C=O) groups excluding carboxylic acids is 2. The Labute approximate surface area is 181 Å². The number of esters is 1. The van der Waals surface area contributed by atoms with Gasteiger partial charge in [0.25, 0.3) is 5.69 Å². The van der Waals surface area contributed by atoms with Crippen LogP contribution in [0.4, 0.5) is 5.69 Å². The highest BCUT2D eigenvalue weighted by molar-refractivity contribution is 5.96. The van der Waals surface area contributed by atoms with Gasteiger partial charge in [-0.2, -0.15) is 0 Å². The van der Waals surface area contributed by atoms with Gasteiger partial charge >= 0.3 is 5.97 Å². The van der Waals surface area contributed by atoms with Crippen molar-refractivity contribution in [1.82, 2.24) is 0 Å². The molecule has 0 atom stereocenters. The van der Waals surface area contributed by atoms with Crippen LogP contribution in [0.25, 0.3) is 6.08 Å². The molecule has 0 aromatic heterocycles. The summed E-state index contributed by atoms with van der Waals surface area (Å²) in [5, 5.41) is 10.8. The molecule has 0 radical (unpaired) electrons. The van der Waals surface area contributed by atoms with Crippen LogP contribution in [-0.2, 0) is 9.53 Å². The summed E-state index contributed by atoms with van der Waals surface area (Å²) in [6, 6.07) is 13.1. The molecule has 0 aliphatic rings. The molecular formula is C24H27NO6. The van der Waals surface area contributed by atoms with Crippen LogP contribution in [0.15, 0.2) is 54.1 Å². The van der Waals surface area contributed by atoms with Gasteiger partial charge in [0.15, 0.2) is 5.78 Å². The molecule has 2 aromatic carbocycles. The molecule has 7 nitrogen and oxygen atoms in total. The number of nitrogens with zero attached hydrogens (tertiary/aromatic N) is 1. The molecule has 0 fully saturated rings. The lowest BCUT2D eigenvalue weighted by molar-refractivity contribution is -0.384. The van der Waals surface area contributed by atoms with E-state index < -0.39 is 10.9 Å². The van der Waals surface area contributed by atoms with Gasteiger partial charge in [-0.05, 0) is 67.3 Å². The Morgan fingerprint density at radius 3 is 2.06 bits per heavy atom. The number of ether oxygens (including phenoxy) is 2. The maximum atomic E-state index is 12.2. The van der Waals surface area contributed by atoms with E-state index in [2.05, 4.69) is 0 Å². The molecule has 0 unspecified atom stereocenters. The van der Waals surface area contributed by atoms with Crippen molar-refractivity contribution in [1.29, 1.82) is 0 Å². The van der Waals surface area contributed by atoms with Gasteiger partial charge < -0.3 is 9.47 Å². The predicted molar refractivity (Wildman–Crippen MR) is 118 cm³/mol. The van der Waals surface area contributed by atoms with Gasteiger partial charge in [-0.15, -0.1) is 0 Å². The van der Waals surface area contributed by atoms with Crippen LogP contribution >= 0.6 is 0 Å². The Morgan fingerprint density at radius 1 is 0.903 bits per heavy atom. The summed E-state index contributed by atoms with van der Waals surface area (Å²) in [5.41, 5.74) is 1.91. The molecule has 0 saturated heterocycles. The molecular weight excluding hydrogens is 398 g/mol. The maximum Gasteiger partial charge on any atom is 0.333 e. The largest absolute Gasteiger partial charge is 0.497 e. The standard InChI is InChI=1S/C24H27NO6/c1-30-22-15-11-19(12-16-22)23(26)8-6-4-3-5-7-20(24(27)31-2)17-18-9-13-21(14-10-18)25(28)29/h9-17H,3-8H2,1-2H3/b20-17+. The molecule has 164 valence electrons. The lowest BCUT2D eigenvalue weighted by Crippen LogP contribution is -2.05. The maximum absolute atomic E-state index is 12.2. The molecule has 0 aliphatic heterocycles. The van der Waals surface area contributed by atoms with E-state index in [4.69, 9.17) is 9.47 Å². The van der Waals surface area contributed by atoms with Gasteiger partial charge in [0, 0.05) is 29.7 Å². The van der Waals surface area contributed by atoms with Gasteiger partial charge in [0.1, 0.15) is 5.75 Å². The molecule has 0 heterocycles. The SMILES string of the molecule is COC(=O)/C(=C/c1ccc([N+](=O)[O-])cc1)CCCCCCC(=O)c1ccc(OC)cc1. The average Bonchev–Trinajstić information content (AvgIpc) is 2.80. The Morgan fingerprint density at radius 2 is 1.52 bits per heavy atom. The molecule has 0 N–H and O–H groups in total. The summed E-state index contributed by atoms with van der Waals surface area (Å²) in [6.45, 7) is 0.